The van der Waals surface area contributed by atoms with E-state index in [1.807, 2.05) is 6.20 Å². The third-order valence-electron chi connectivity index (χ3n) is 10.1. The number of benzene rings is 1. The molecule has 0 bridgehead atoms. The topological polar surface area (TPSA) is 84.6 Å². The lowest BCUT2D eigenvalue weighted by Crippen LogP contribution is -2.54. The van der Waals surface area contributed by atoms with Crippen molar-refractivity contribution < 1.29 is 19.2 Å². The number of carbonyl (C=O) groups excluding carboxylic acids is 1. The molecule has 3 saturated carbocycles. The predicted octanol–water partition coefficient (Wildman–Crippen LogP) is 7.52. The summed E-state index contributed by atoms with van der Waals surface area (Å²) < 4.78 is 10.3. The summed E-state index contributed by atoms with van der Waals surface area (Å²) in [5.74, 6) is 5.64. The lowest BCUT2D eigenvalue weighted by atomic mass is 9.46. The van der Waals surface area contributed by atoms with E-state index in [9.17, 15) is 9.90 Å². The molecule has 0 spiro atoms. The van der Waals surface area contributed by atoms with Crippen molar-refractivity contribution in [2.45, 2.75) is 84.3 Å². The second-order valence-corrected chi connectivity index (χ2v) is 12.9. The Balaban J connectivity index is 0.000000189. The van der Waals surface area contributed by atoms with Crippen molar-refractivity contribution in [3.05, 3.63) is 52.4 Å². The highest BCUT2D eigenvalue weighted by Gasteiger charge is 2.63. The fourth-order valence-electron chi connectivity index (χ4n) is 8.06. The molecular formula is C32H39ClN2O4. The first-order valence-electron chi connectivity index (χ1n) is 14.1. The molecule has 7 heteroatoms. The molecule has 0 radical (unpaired) electrons. The number of anilines is 1. The fourth-order valence-corrected chi connectivity index (χ4v) is 8.25. The quantitative estimate of drug-likeness (QED) is 0.378. The molecule has 0 aliphatic heterocycles. The largest absolute Gasteiger partial charge is 0.447 e. The van der Waals surface area contributed by atoms with Crippen LogP contribution in [0.3, 0.4) is 0 Å². The van der Waals surface area contributed by atoms with Gasteiger partial charge in [-0.2, -0.15) is 0 Å². The lowest BCUT2D eigenvalue weighted by Gasteiger charge is -2.58. The predicted molar refractivity (Wildman–Crippen MR) is 153 cm³/mol. The highest BCUT2D eigenvalue weighted by atomic mass is 35.5. The fraction of sp³-hybridized carbons (Fsp3) is 0.562. The maximum absolute atomic E-state index is 11.2. The minimum atomic E-state index is -0.909. The Hall–Kier alpha value is -2.75. The summed E-state index contributed by atoms with van der Waals surface area (Å²) >= 11 is 5.74. The number of nitrogens with zero attached hydrogens (tertiary/aromatic N) is 1. The van der Waals surface area contributed by atoms with Crippen LogP contribution in [0.2, 0.25) is 5.02 Å². The van der Waals surface area contributed by atoms with Gasteiger partial charge < -0.3 is 14.4 Å². The molecule has 1 aromatic carbocycles. The van der Waals surface area contributed by atoms with Crippen LogP contribution < -0.4 is 5.32 Å². The SMILES string of the molecule is C#CC1(O)CCC2C3CCC4=Cc5oncc5CC4(C)C3CCC21C.CC(C)OC(=O)Nc1cccc(Cl)c1. The van der Waals surface area contributed by atoms with E-state index in [-0.39, 0.29) is 16.9 Å². The number of ether oxygens (including phenoxy) is 1. The number of terminal acetylenes is 1. The highest BCUT2D eigenvalue weighted by Crippen LogP contribution is 2.67. The van der Waals surface area contributed by atoms with Gasteiger partial charge in [0.15, 0.2) is 5.76 Å². The molecular weight excluding hydrogens is 512 g/mol. The summed E-state index contributed by atoms with van der Waals surface area (Å²) in [6.07, 6.45) is 16.8. The van der Waals surface area contributed by atoms with Crippen LogP contribution in [0.15, 0.2) is 40.6 Å². The molecule has 4 aliphatic rings. The Bertz CT molecular complexity index is 1310. The van der Waals surface area contributed by atoms with Crippen LogP contribution in [-0.2, 0) is 11.2 Å². The van der Waals surface area contributed by atoms with Gasteiger partial charge in [-0.25, -0.2) is 4.79 Å². The highest BCUT2D eigenvalue weighted by molar-refractivity contribution is 6.30. The van der Waals surface area contributed by atoms with Crippen LogP contribution in [0.5, 0.6) is 0 Å². The van der Waals surface area contributed by atoms with E-state index in [1.165, 1.54) is 12.0 Å². The summed E-state index contributed by atoms with van der Waals surface area (Å²) in [5, 5.41) is 18.2. The Morgan fingerprint density at radius 3 is 2.74 bits per heavy atom. The number of aliphatic hydroxyl groups is 1. The zero-order valence-electron chi connectivity index (χ0n) is 23.3. The third-order valence-corrected chi connectivity index (χ3v) is 10.3. The van der Waals surface area contributed by atoms with Gasteiger partial charge in [-0.1, -0.05) is 48.2 Å². The standard InChI is InChI=1S/C22H27NO2.C10H12ClNO2/c1-4-22(24)10-8-18-16-6-5-15-11-19-14(13-23-25-19)12-20(15,2)17(16)7-9-21(18,22)3;1-7(2)14-10(13)12-9-5-3-4-8(11)6-9/h1,11,13,16-18,24H,5-10,12H2,2-3H3;3-7H,1-2H3,(H,12,13). The minimum absolute atomic E-state index is 0.114. The van der Waals surface area contributed by atoms with Crippen LogP contribution >= 0.6 is 11.6 Å². The van der Waals surface area contributed by atoms with E-state index in [0.29, 0.717) is 28.5 Å². The number of aromatic nitrogens is 1. The monoisotopic (exact) mass is 550 g/mol. The van der Waals surface area contributed by atoms with Gasteiger partial charge in [0.25, 0.3) is 0 Å². The number of hydrogen-bond acceptors (Lipinski definition) is 5. The number of amides is 1. The molecule has 6 atom stereocenters. The zero-order valence-corrected chi connectivity index (χ0v) is 24.1. The molecule has 1 aromatic heterocycles. The number of halogens is 1. The molecule has 39 heavy (non-hydrogen) atoms. The van der Waals surface area contributed by atoms with E-state index in [4.69, 9.17) is 27.3 Å². The number of carbonyl (C=O) groups is 1. The molecule has 6 rings (SSSR count). The summed E-state index contributed by atoms with van der Waals surface area (Å²) in [7, 11) is 0. The van der Waals surface area contributed by atoms with Crippen molar-refractivity contribution in [2.75, 3.05) is 5.32 Å². The van der Waals surface area contributed by atoms with Crippen LogP contribution in [0.25, 0.3) is 6.08 Å². The van der Waals surface area contributed by atoms with Gasteiger partial charge in [0.05, 0.1) is 12.3 Å². The van der Waals surface area contributed by atoms with Gasteiger partial charge in [-0.05, 0) is 106 Å². The summed E-state index contributed by atoms with van der Waals surface area (Å²) in [6.45, 7) is 8.29. The molecule has 3 fully saturated rings. The van der Waals surface area contributed by atoms with Crippen molar-refractivity contribution in [1.82, 2.24) is 5.16 Å². The average Bonchev–Trinajstić information content (AvgIpc) is 3.43. The first-order valence-corrected chi connectivity index (χ1v) is 14.4. The molecule has 2 aromatic rings. The molecule has 6 unspecified atom stereocenters. The summed E-state index contributed by atoms with van der Waals surface area (Å²) in [5.41, 5.74) is 2.62. The lowest BCUT2D eigenvalue weighted by molar-refractivity contribution is -0.0975. The molecule has 1 heterocycles. The van der Waals surface area contributed by atoms with Crippen molar-refractivity contribution in [2.24, 2.45) is 28.6 Å². The zero-order chi connectivity index (χ0) is 28.0. The Labute approximate surface area is 236 Å². The van der Waals surface area contributed by atoms with Gasteiger partial charge in [-0.15, -0.1) is 6.42 Å². The molecule has 208 valence electrons. The van der Waals surface area contributed by atoms with E-state index in [1.54, 1.807) is 43.7 Å². The van der Waals surface area contributed by atoms with Gasteiger partial charge in [-0.3, -0.25) is 5.32 Å². The maximum Gasteiger partial charge on any atom is 0.411 e. The van der Waals surface area contributed by atoms with Crippen LogP contribution in [0.1, 0.15) is 77.5 Å². The average molecular weight is 551 g/mol. The summed E-state index contributed by atoms with van der Waals surface area (Å²) in [4.78, 5) is 11.2. The Morgan fingerprint density at radius 1 is 1.26 bits per heavy atom. The second kappa shape index (κ2) is 10.3. The van der Waals surface area contributed by atoms with Crippen molar-refractivity contribution in [1.29, 1.82) is 0 Å². The summed E-state index contributed by atoms with van der Waals surface area (Å²) in [6, 6.07) is 6.89. The molecule has 4 aliphatic carbocycles. The van der Waals surface area contributed by atoms with Gasteiger partial charge in [0.2, 0.25) is 0 Å². The number of nitrogens with one attached hydrogen (secondary N) is 1. The second-order valence-electron chi connectivity index (χ2n) is 12.5. The maximum atomic E-state index is 11.2. The van der Waals surface area contributed by atoms with Crippen LogP contribution in [0, 0.1) is 40.9 Å². The first kappa shape index (κ1) is 27.8. The van der Waals surface area contributed by atoms with E-state index in [0.717, 1.165) is 44.3 Å². The smallest absolute Gasteiger partial charge is 0.411 e. The number of fused-ring (bicyclic) bond motifs is 6. The van der Waals surface area contributed by atoms with E-state index >= 15 is 0 Å². The Morgan fingerprint density at radius 2 is 2.03 bits per heavy atom. The third kappa shape index (κ3) is 4.89. The normalized spacial score (nSPS) is 34.2. The molecule has 2 N–H and O–H groups in total. The van der Waals surface area contributed by atoms with E-state index < -0.39 is 11.7 Å². The van der Waals surface area contributed by atoms with Crippen LogP contribution in [0.4, 0.5) is 10.5 Å². The Kier molecular flexibility index (Phi) is 7.37. The number of allylic oxidation sites excluding steroid dienone is 1. The van der Waals surface area contributed by atoms with Gasteiger partial charge >= 0.3 is 6.09 Å². The van der Waals surface area contributed by atoms with Crippen molar-refractivity contribution >= 4 is 29.5 Å². The van der Waals surface area contributed by atoms with Crippen molar-refractivity contribution in [3.8, 4) is 12.3 Å². The number of rotatable bonds is 2. The first-order chi connectivity index (χ1) is 18.5. The molecule has 0 saturated heterocycles. The van der Waals surface area contributed by atoms with Gasteiger partial charge in [0, 0.05) is 21.7 Å². The minimum Gasteiger partial charge on any atom is -0.447 e. The molecule has 1 amide bonds. The van der Waals surface area contributed by atoms with Crippen molar-refractivity contribution in [3.63, 3.8) is 0 Å². The molecule has 6 nitrogen and oxygen atoms in total. The van der Waals surface area contributed by atoms with Crippen LogP contribution in [-0.4, -0.2) is 28.1 Å². The van der Waals surface area contributed by atoms with E-state index in [2.05, 4.69) is 36.3 Å². The van der Waals surface area contributed by atoms with Gasteiger partial charge in [0.1, 0.15) is 5.60 Å². The number of hydrogen-bond donors (Lipinski definition) is 2.